The molecule has 3 rings (SSSR count). The second-order valence-corrected chi connectivity index (χ2v) is 7.24. The number of ether oxygens (including phenoxy) is 1. The molecule has 1 aliphatic rings. The van der Waals surface area contributed by atoms with Crippen molar-refractivity contribution in [2.24, 2.45) is 0 Å². The molecule has 1 aromatic carbocycles. The predicted octanol–water partition coefficient (Wildman–Crippen LogP) is 5.25. The molecule has 0 bridgehead atoms. The van der Waals surface area contributed by atoms with Crippen molar-refractivity contribution in [1.82, 2.24) is 10.2 Å². The van der Waals surface area contributed by atoms with E-state index < -0.39 is 6.36 Å². The van der Waals surface area contributed by atoms with E-state index >= 15 is 0 Å². The van der Waals surface area contributed by atoms with Crippen LogP contribution in [0.25, 0.3) is 0 Å². The zero-order valence-corrected chi connectivity index (χ0v) is 17.5. The molecule has 1 aromatic heterocycles. The lowest BCUT2D eigenvalue weighted by atomic mass is 10.0. The van der Waals surface area contributed by atoms with Gasteiger partial charge in [-0.1, -0.05) is 12.1 Å². The molecule has 0 radical (unpaired) electrons. The number of thiophene rings is 1. The maximum Gasteiger partial charge on any atom is 0.573 e. The molecule has 1 aliphatic heterocycles. The van der Waals surface area contributed by atoms with E-state index in [0.29, 0.717) is 0 Å². The summed E-state index contributed by atoms with van der Waals surface area (Å²) >= 11 is 5.22. The lowest BCUT2D eigenvalue weighted by molar-refractivity contribution is -0.274. The number of nitrogens with zero attached hydrogens (tertiary/aromatic N) is 1. The highest BCUT2D eigenvalue weighted by Crippen LogP contribution is 2.38. The molecule has 1 fully saturated rings. The van der Waals surface area contributed by atoms with Crippen LogP contribution in [0.1, 0.15) is 16.5 Å². The summed E-state index contributed by atoms with van der Waals surface area (Å²) in [6.45, 7) is 3.56. The van der Waals surface area contributed by atoms with Crippen molar-refractivity contribution in [2.45, 2.75) is 12.4 Å². The molecular formula is C16H18BrCl2F3N2OS. The summed E-state index contributed by atoms with van der Waals surface area (Å²) < 4.78 is 42.0. The summed E-state index contributed by atoms with van der Waals surface area (Å²) in [7, 11) is 0. The van der Waals surface area contributed by atoms with Crippen LogP contribution in [0, 0.1) is 0 Å². The summed E-state index contributed by atoms with van der Waals surface area (Å²) in [4.78, 5) is 3.49. The predicted molar refractivity (Wildman–Crippen MR) is 106 cm³/mol. The number of rotatable bonds is 4. The molecule has 0 unspecified atom stereocenters. The first-order valence-electron chi connectivity index (χ1n) is 7.47. The number of halogens is 6. The minimum Gasteiger partial charge on any atom is -0.406 e. The Morgan fingerprint density at radius 3 is 2.19 bits per heavy atom. The van der Waals surface area contributed by atoms with Crippen LogP contribution in [0.15, 0.2) is 40.2 Å². The van der Waals surface area contributed by atoms with Crippen molar-refractivity contribution in [3.05, 3.63) is 50.6 Å². The molecule has 0 saturated carbocycles. The molecule has 1 N–H and O–H groups in total. The fourth-order valence-electron chi connectivity index (χ4n) is 2.82. The SMILES string of the molecule is Cl.Cl.FC(F)(F)Oc1ccc([C@H](c2sccc2Br)N2CCNCC2)cc1. The third-order valence-corrected chi connectivity index (χ3v) is 5.76. The highest BCUT2D eigenvalue weighted by Gasteiger charge is 2.31. The van der Waals surface area contributed by atoms with Gasteiger partial charge in [-0.3, -0.25) is 4.90 Å². The maximum atomic E-state index is 12.3. The first-order valence-corrected chi connectivity index (χ1v) is 9.15. The Hall–Kier alpha value is -0.510. The third-order valence-electron chi connectivity index (χ3n) is 3.84. The van der Waals surface area contributed by atoms with Crippen molar-refractivity contribution in [1.29, 1.82) is 0 Å². The number of hydrogen-bond acceptors (Lipinski definition) is 4. The normalized spacial score (nSPS) is 16.3. The van der Waals surface area contributed by atoms with Crippen molar-refractivity contribution in [3.8, 4) is 5.75 Å². The van der Waals surface area contributed by atoms with E-state index in [1.165, 1.54) is 12.1 Å². The smallest absolute Gasteiger partial charge is 0.406 e. The Balaban J connectivity index is 0.00000169. The number of piperazine rings is 1. The van der Waals surface area contributed by atoms with Crippen LogP contribution in [0.2, 0.25) is 0 Å². The first kappa shape index (κ1) is 23.5. The second kappa shape index (κ2) is 10.1. The van der Waals surface area contributed by atoms with Gasteiger partial charge >= 0.3 is 6.36 Å². The molecule has 2 aromatic rings. The zero-order valence-electron chi connectivity index (χ0n) is 13.5. The molecule has 0 spiro atoms. The van der Waals surface area contributed by atoms with Gasteiger partial charge in [0.1, 0.15) is 5.75 Å². The molecule has 26 heavy (non-hydrogen) atoms. The van der Waals surface area contributed by atoms with Gasteiger partial charge in [-0.2, -0.15) is 0 Å². The molecule has 146 valence electrons. The van der Waals surface area contributed by atoms with Crippen molar-refractivity contribution < 1.29 is 17.9 Å². The largest absolute Gasteiger partial charge is 0.573 e. The van der Waals surface area contributed by atoms with Crippen molar-refractivity contribution in [2.75, 3.05) is 26.2 Å². The summed E-state index contributed by atoms with van der Waals surface area (Å²) in [5.74, 6) is -0.199. The average molecular weight is 494 g/mol. The molecular weight excluding hydrogens is 476 g/mol. The number of hydrogen-bond donors (Lipinski definition) is 1. The lowest BCUT2D eigenvalue weighted by Crippen LogP contribution is -2.45. The van der Waals surface area contributed by atoms with Crippen molar-refractivity contribution >= 4 is 52.1 Å². The van der Waals surface area contributed by atoms with Crippen LogP contribution in [-0.4, -0.2) is 37.4 Å². The molecule has 2 heterocycles. The summed E-state index contributed by atoms with van der Waals surface area (Å²) in [6, 6.07) is 8.18. The monoisotopic (exact) mass is 492 g/mol. The van der Waals surface area contributed by atoms with Gasteiger partial charge in [0, 0.05) is 35.5 Å². The zero-order chi connectivity index (χ0) is 17.2. The standard InChI is InChI=1S/C16H16BrF3N2OS.2ClH/c17-13-5-10-24-15(13)14(22-8-6-21-7-9-22)11-1-3-12(4-2-11)23-16(18,19)20;;/h1-5,10,14,21H,6-9H2;2*1H/t14-;;/m1../s1. The van der Waals surface area contributed by atoms with Crippen LogP contribution in [-0.2, 0) is 0 Å². The highest BCUT2D eigenvalue weighted by molar-refractivity contribution is 9.10. The van der Waals surface area contributed by atoms with E-state index in [4.69, 9.17) is 0 Å². The number of alkyl halides is 3. The number of nitrogens with one attached hydrogen (secondary N) is 1. The molecule has 3 nitrogen and oxygen atoms in total. The summed E-state index contributed by atoms with van der Waals surface area (Å²) in [5, 5.41) is 5.33. The van der Waals surface area contributed by atoms with E-state index in [1.807, 2.05) is 11.4 Å². The Labute approximate surface area is 174 Å². The van der Waals surface area contributed by atoms with E-state index in [1.54, 1.807) is 23.5 Å². The summed E-state index contributed by atoms with van der Waals surface area (Å²) in [6.07, 6.45) is -4.67. The van der Waals surface area contributed by atoms with E-state index in [2.05, 4.69) is 30.9 Å². The molecule has 10 heteroatoms. The Bertz CT molecular complexity index is 679. The van der Waals surface area contributed by atoms with Crippen LogP contribution in [0.4, 0.5) is 13.2 Å². The van der Waals surface area contributed by atoms with Gasteiger partial charge in [-0.25, -0.2) is 0 Å². The molecule has 1 atom stereocenters. The van der Waals surface area contributed by atoms with Gasteiger partial charge in [0.2, 0.25) is 0 Å². The minimum absolute atomic E-state index is 0. The van der Waals surface area contributed by atoms with Crippen LogP contribution in [0.5, 0.6) is 5.75 Å². The lowest BCUT2D eigenvalue weighted by Gasteiger charge is -2.35. The van der Waals surface area contributed by atoms with Gasteiger partial charge in [0.05, 0.1) is 6.04 Å². The van der Waals surface area contributed by atoms with Gasteiger partial charge in [-0.15, -0.1) is 49.3 Å². The fourth-order valence-corrected chi connectivity index (χ4v) is 4.57. The highest BCUT2D eigenvalue weighted by atomic mass is 79.9. The fraction of sp³-hybridized carbons (Fsp3) is 0.375. The summed E-state index contributed by atoms with van der Waals surface area (Å²) in [5.41, 5.74) is 0.953. The van der Waals surface area contributed by atoms with Crippen LogP contribution >= 0.6 is 52.1 Å². The Kier molecular flexibility index (Phi) is 9.18. The van der Waals surface area contributed by atoms with Crippen molar-refractivity contribution in [3.63, 3.8) is 0 Å². The van der Waals surface area contributed by atoms with Gasteiger partial charge in [-0.05, 0) is 45.1 Å². The van der Waals surface area contributed by atoms with Crippen LogP contribution < -0.4 is 10.1 Å². The van der Waals surface area contributed by atoms with Gasteiger partial charge in [0.15, 0.2) is 0 Å². The maximum absolute atomic E-state index is 12.3. The first-order chi connectivity index (χ1) is 11.4. The quantitative estimate of drug-likeness (QED) is 0.629. The Morgan fingerprint density at radius 1 is 1.08 bits per heavy atom. The molecule has 0 amide bonds. The van der Waals surface area contributed by atoms with E-state index in [-0.39, 0.29) is 36.6 Å². The average Bonchev–Trinajstić information content (AvgIpc) is 2.95. The minimum atomic E-state index is -4.67. The Morgan fingerprint density at radius 2 is 1.69 bits per heavy atom. The topological polar surface area (TPSA) is 24.5 Å². The van der Waals surface area contributed by atoms with Gasteiger partial charge < -0.3 is 10.1 Å². The van der Waals surface area contributed by atoms with E-state index in [0.717, 1.165) is 41.1 Å². The third kappa shape index (κ3) is 6.00. The van der Waals surface area contributed by atoms with Crippen LogP contribution in [0.3, 0.4) is 0 Å². The second-order valence-electron chi connectivity index (χ2n) is 5.44. The van der Waals surface area contributed by atoms with E-state index in [9.17, 15) is 13.2 Å². The molecule has 0 aliphatic carbocycles. The molecule has 1 saturated heterocycles. The van der Waals surface area contributed by atoms with Gasteiger partial charge in [0.25, 0.3) is 0 Å². The number of benzene rings is 1.